The molecule has 2 aromatic rings. The number of esters is 1. The van der Waals surface area contributed by atoms with Gasteiger partial charge in [0.1, 0.15) is 17.3 Å². The van der Waals surface area contributed by atoms with Crippen LogP contribution in [0.25, 0.3) is 11.0 Å². The van der Waals surface area contributed by atoms with Gasteiger partial charge in [-0.05, 0) is 23.8 Å². The highest BCUT2D eigenvalue weighted by Crippen LogP contribution is 2.23. The monoisotopic (exact) mass is 308 g/mol. The average Bonchev–Trinajstić information content (AvgIpc) is 2.51. The molecule has 0 aliphatic rings. The summed E-state index contributed by atoms with van der Waals surface area (Å²) in [6.45, 7) is 0. The standard InChI is InChI=1S/C14H12O8/c1-21-14(20)11(16)10(15)6-2-3-9-7(4-6)5-8(12(17)18)13(19)22-9/h2-5,10-11,15-16H,1H3,(H,17,18). The molecule has 0 spiro atoms. The Morgan fingerprint density at radius 2 is 1.91 bits per heavy atom. The van der Waals surface area contributed by atoms with Gasteiger partial charge in [0.15, 0.2) is 6.10 Å². The number of carboxylic acids is 1. The number of benzene rings is 1. The number of aliphatic hydroxyl groups is 2. The van der Waals surface area contributed by atoms with E-state index < -0.39 is 35.3 Å². The van der Waals surface area contributed by atoms with E-state index in [-0.39, 0.29) is 16.5 Å². The number of hydrogen-bond donors (Lipinski definition) is 3. The molecule has 3 N–H and O–H groups in total. The average molecular weight is 308 g/mol. The maximum Gasteiger partial charge on any atom is 0.351 e. The normalized spacial score (nSPS) is 13.6. The Kier molecular flexibility index (Phi) is 4.25. The van der Waals surface area contributed by atoms with Crippen molar-refractivity contribution in [1.82, 2.24) is 0 Å². The van der Waals surface area contributed by atoms with Crippen molar-refractivity contribution in [3.05, 3.63) is 45.8 Å². The lowest BCUT2D eigenvalue weighted by Crippen LogP contribution is -2.29. The number of carbonyl (C=O) groups is 2. The zero-order chi connectivity index (χ0) is 16.4. The fourth-order valence-electron chi connectivity index (χ4n) is 1.91. The number of carbonyl (C=O) groups excluding carboxylic acids is 1. The molecule has 0 aliphatic carbocycles. The molecule has 0 saturated carbocycles. The molecule has 2 unspecified atom stereocenters. The van der Waals surface area contributed by atoms with Crippen LogP contribution in [-0.4, -0.2) is 40.5 Å². The van der Waals surface area contributed by atoms with Crippen molar-refractivity contribution in [2.45, 2.75) is 12.2 Å². The lowest BCUT2D eigenvalue weighted by atomic mass is 10.0. The third-order valence-corrected chi connectivity index (χ3v) is 3.07. The van der Waals surface area contributed by atoms with Crippen molar-refractivity contribution in [2.75, 3.05) is 7.11 Å². The molecule has 0 fully saturated rings. The number of carboxylic acid groups (broad SMARTS) is 1. The largest absolute Gasteiger partial charge is 0.477 e. The number of methoxy groups -OCH3 is 1. The van der Waals surface area contributed by atoms with E-state index in [4.69, 9.17) is 9.52 Å². The van der Waals surface area contributed by atoms with Crippen molar-refractivity contribution in [1.29, 1.82) is 0 Å². The van der Waals surface area contributed by atoms with Gasteiger partial charge in [0.2, 0.25) is 0 Å². The van der Waals surface area contributed by atoms with E-state index in [1.807, 2.05) is 0 Å². The molecular formula is C14H12O8. The predicted octanol–water partition coefficient (Wildman–Crippen LogP) is 0.0585. The summed E-state index contributed by atoms with van der Waals surface area (Å²) < 4.78 is 9.17. The molecule has 2 rings (SSSR count). The molecule has 116 valence electrons. The molecule has 1 heterocycles. The number of aliphatic hydroxyl groups excluding tert-OH is 2. The lowest BCUT2D eigenvalue weighted by molar-refractivity contribution is -0.156. The fraction of sp³-hybridized carbons (Fsp3) is 0.214. The molecule has 2 atom stereocenters. The maximum atomic E-state index is 11.4. The zero-order valence-electron chi connectivity index (χ0n) is 11.3. The van der Waals surface area contributed by atoms with Gasteiger partial charge < -0.3 is 24.5 Å². The number of rotatable bonds is 4. The first kappa shape index (κ1) is 15.7. The van der Waals surface area contributed by atoms with Crippen LogP contribution in [0.5, 0.6) is 0 Å². The van der Waals surface area contributed by atoms with Gasteiger partial charge in [-0.3, -0.25) is 0 Å². The smallest absolute Gasteiger partial charge is 0.351 e. The highest BCUT2D eigenvalue weighted by molar-refractivity contribution is 5.91. The maximum absolute atomic E-state index is 11.4. The Hall–Kier alpha value is -2.71. The van der Waals surface area contributed by atoms with Crippen molar-refractivity contribution < 1.29 is 34.1 Å². The topological polar surface area (TPSA) is 134 Å². The quantitative estimate of drug-likeness (QED) is 0.533. The SMILES string of the molecule is COC(=O)C(O)C(O)c1ccc2oc(=O)c(C(=O)O)cc2c1. The number of hydrogen-bond acceptors (Lipinski definition) is 7. The molecular weight excluding hydrogens is 296 g/mol. The van der Waals surface area contributed by atoms with Crippen LogP contribution in [0.15, 0.2) is 33.5 Å². The lowest BCUT2D eigenvalue weighted by Gasteiger charge is -2.16. The zero-order valence-corrected chi connectivity index (χ0v) is 11.3. The minimum atomic E-state index is -1.79. The minimum absolute atomic E-state index is 0.110. The predicted molar refractivity (Wildman–Crippen MR) is 72.4 cm³/mol. The van der Waals surface area contributed by atoms with E-state index in [2.05, 4.69) is 4.74 Å². The van der Waals surface area contributed by atoms with Crippen molar-refractivity contribution in [2.24, 2.45) is 0 Å². The molecule has 0 aliphatic heterocycles. The second-order valence-corrected chi connectivity index (χ2v) is 4.46. The molecule has 0 amide bonds. The van der Waals surface area contributed by atoms with Gasteiger partial charge in [-0.2, -0.15) is 0 Å². The Morgan fingerprint density at radius 3 is 2.50 bits per heavy atom. The van der Waals surface area contributed by atoms with Gasteiger partial charge >= 0.3 is 17.6 Å². The summed E-state index contributed by atoms with van der Waals surface area (Å²) in [7, 11) is 1.06. The molecule has 1 aromatic heterocycles. The van der Waals surface area contributed by atoms with Crippen molar-refractivity contribution in [3.8, 4) is 0 Å². The van der Waals surface area contributed by atoms with E-state index in [1.165, 1.54) is 18.2 Å². The Balaban J connectivity index is 2.49. The van der Waals surface area contributed by atoms with Gasteiger partial charge in [0.25, 0.3) is 0 Å². The summed E-state index contributed by atoms with van der Waals surface area (Å²) >= 11 is 0. The van der Waals surface area contributed by atoms with Crippen LogP contribution in [0.3, 0.4) is 0 Å². The van der Waals surface area contributed by atoms with E-state index in [9.17, 15) is 24.6 Å². The first-order chi connectivity index (χ1) is 10.3. The van der Waals surface area contributed by atoms with Crippen molar-refractivity contribution in [3.63, 3.8) is 0 Å². The van der Waals surface area contributed by atoms with Crippen LogP contribution in [0.2, 0.25) is 0 Å². The second-order valence-electron chi connectivity index (χ2n) is 4.46. The van der Waals surface area contributed by atoms with Crippen LogP contribution in [0.1, 0.15) is 22.0 Å². The summed E-state index contributed by atoms with van der Waals surface area (Å²) in [5.74, 6) is -2.46. The number of aromatic carboxylic acids is 1. The summed E-state index contributed by atoms with van der Waals surface area (Å²) in [5.41, 5.74) is -1.32. The van der Waals surface area contributed by atoms with E-state index in [1.54, 1.807) is 0 Å². The Morgan fingerprint density at radius 1 is 1.23 bits per heavy atom. The number of fused-ring (bicyclic) bond motifs is 1. The Labute approximate surface area is 123 Å². The minimum Gasteiger partial charge on any atom is -0.477 e. The molecule has 8 nitrogen and oxygen atoms in total. The molecule has 8 heteroatoms. The van der Waals surface area contributed by atoms with Crippen LogP contribution in [0.4, 0.5) is 0 Å². The molecule has 0 radical (unpaired) electrons. The molecule has 0 saturated heterocycles. The van der Waals surface area contributed by atoms with Gasteiger partial charge in [-0.15, -0.1) is 0 Å². The van der Waals surface area contributed by atoms with Crippen LogP contribution >= 0.6 is 0 Å². The summed E-state index contributed by atoms with van der Waals surface area (Å²) in [4.78, 5) is 33.6. The van der Waals surface area contributed by atoms with Crippen LogP contribution in [-0.2, 0) is 9.53 Å². The summed E-state index contributed by atoms with van der Waals surface area (Å²) in [5, 5.41) is 28.6. The first-order valence-electron chi connectivity index (χ1n) is 6.10. The highest BCUT2D eigenvalue weighted by Gasteiger charge is 2.26. The third kappa shape index (κ3) is 2.83. The third-order valence-electron chi connectivity index (χ3n) is 3.07. The molecule has 1 aromatic carbocycles. The van der Waals surface area contributed by atoms with E-state index in [0.717, 1.165) is 13.2 Å². The Bertz CT molecular complexity index is 791. The van der Waals surface area contributed by atoms with E-state index >= 15 is 0 Å². The van der Waals surface area contributed by atoms with Gasteiger partial charge in [-0.25, -0.2) is 14.4 Å². The second kappa shape index (κ2) is 5.96. The van der Waals surface area contributed by atoms with Crippen LogP contribution < -0.4 is 5.63 Å². The number of ether oxygens (including phenoxy) is 1. The molecule has 22 heavy (non-hydrogen) atoms. The highest BCUT2D eigenvalue weighted by atomic mass is 16.5. The van der Waals surface area contributed by atoms with Crippen LogP contribution in [0, 0.1) is 0 Å². The fourth-order valence-corrected chi connectivity index (χ4v) is 1.91. The van der Waals surface area contributed by atoms with Gasteiger partial charge in [0.05, 0.1) is 7.11 Å². The van der Waals surface area contributed by atoms with E-state index in [0.29, 0.717) is 0 Å². The summed E-state index contributed by atoms with van der Waals surface area (Å²) in [6.07, 6.45) is -3.37. The molecule has 0 bridgehead atoms. The van der Waals surface area contributed by atoms with Gasteiger partial charge in [0, 0.05) is 5.39 Å². The van der Waals surface area contributed by atoms with Gasteiger partial charge in [-0.1, -0.05) is 6.07 Å². The first-order valence-corrected chi connectivity index (χ1v) is 6.10. The van der Waals surface area contributed by atoms with Crippen molar-refractivity contribution >= 4 is 22.9 Å². The summed E-state index contributed by atoms with van der Waals surface area (Å²) in [6, 6.07) is 5.05.